The van der Waals surface area contributed by atoms with Gasteiger partial charge in [0.15, 0.2) is 11.7 Å². The van der Waals surface area contributed by atoms with Crippen LogP contribution < -0.4 is 15.4 Å². The highest BCUT2D eigenvalue weighted by Crippen LogP contribution is 2.30. The van der Waals surface area contributed by atoms with Crippen LogP contribution in [0.5, 0.6) is 5.75 Å². The molecular weight excluding hydrogens is 374 g/mol. The third-order valence-electron chi connectivity index (χ3n) is 4.69. The first-order valence-electron chi connectivity index (χ1n) is 8.87. The maximum Gasteiger partial charge on any atom is 0.264 e. The second-order valence-electron chi connectivity index (χ2n) is 6.67. The van der Waals surface area contributed by atoms with Gasteiger partial charge < -0.3 is 10.1 Å². The number of benzene rings is 2. The molecule has 0 spiro atoms. The molecule has 1 aromatic heterocycles. The summed E-state index contributed by atoms with van der Waals surface area (Å²) in [6.07, 6.45) is 0.382. The third kappa shape index (κ3) is 3.75. The largest absolute Gasteiger partial charge is 0.483 e. The molecular formula is C21H19N3O3S. The number of hydrogen-bond acceptors (Lipinski definition) is 5. The number of carbonyl (C=O) groups excluding carboxylic acids is 2. The molecule has 1 aliphatic heterocycles. The highest BCUT2D eigenvalue weighted by molar-refractivity contribution is 7.14. The molecule has 0 bridgehead atoms. The van der Waals surface area contributed by atoms with Gasteiger partial charge in [-0.1, -0.05) is 18.2 Å². The number of nitrogens with zero attached hydrogens (tertiary/aromatic N) is 1. The fourth-order valence-electron chi connectivity index (χ4n) is 3.03. The maximum atomic E-state index is 12.2. The Hall–Kier alpha value is -3.19. The van der Waals surface area contributed by atoms with Crippen molar-refractivity contribution >= 4 is 34.0 Å². The Morgan fingerprint density at radius 3 is 3.00 bits per heavy atom. The van der Waals surface area contributed by atoms with Crippen LogP contribution in [0.3, 0.4) is 0 Å². The van der Waals surface area contributed by atoms with E-state index in [1.54, 1.807) is 0 Å². The molecule has 1 aliphatic rings. The molecule has 6 nitrogen and oxygen atoms in total. The Labute approximate surface area is 166 Å². The molecule has 0 saturated heterocycles. The van der Waals surface area contributed by atoms with Gasteiger partial charge >= 0.3 is 0 Å². The van der Waals surface area contributed by atoms with E-state index in [0.29, 0.717) is 17.3 Å². The van der Waals surface area contributed by atoms with Crippen molar-refractivity contribution in [1.82, 2.24) is 4.98 Å². The van der Waals surface area contributed by atoms with Gasteiger partial charge in [0.1, 0.15) is 5.75 Å². The van der Waals surface area contributed by atoms with Crippen LogP contribution in [-0.2, 0) is 16.0 Å². The summed E-state index contributed by atoms with van der Waals surface area (Å²) in [7, 11) is 0. The number of amides is 2. The average Bonchev–Trinajstić information content (AvgIpc) is 3.27. The van der Waals surface area contributed by atoms with Gasteiger partial charge in [-0.3, -0.25) is 14.9 Å². The molecule has 2 amide bonds. The smallest absolute Gasteiger partial charge is 0.264 e. The second-order valence-corrected chi connectivity index (χ2v) is 7.53. The molecule has 4 rings (SSSR count). The van der Waals surface area contributed by atoms with E-state index in [0.717, 1.165) is 33.6 Å². The highest BCUT2D eigenvalue weighted by atomic mass is 32.1. The summed E-state index contributed by atoms with van der Waals surface area (Å²) < 4.78 is 5.63. The van der Waals surface area contributed by atoms with Crippen LogP contribution >= 0.6 is 11.3 Å². The second kappa shape index (κ2) is 7.44. The summed E-state index contributed by atoms with van der Waals surface area (Å²) in [5, 5.41) is 7.98. The summed E-state index contributed by atoms with van der Waals surface area (Å²) in [4.78, 5) is 28.2. The minimum atomic E-state index is -0.259. The zero-order chi connectivity index (χ0) is 19.7. The number of ether oxygens (including phenoxy) is 1. The summed E-state index contributed by atoms with van der Waals surface area (Å²) in [5.74, 6) is 0.448. The molecule has 3 aromatic rings. The molecule has 0 saturated carbocycles. The number of anilines is 2. The van der Waals surface area contributed by atoms with Crippen LogP contribution in [0.4, 0.5) is 10.8 Å². The summed E-state index contributed by atoms with van der Waals surface area (Å²) in [6, 6.07) is 11.5. The van der Waals surface area contributed by atoms with E-state index < -0.39 is 0 Å². The van der Waals surface area contributed by atoms with Crippen LogP contribution in [0.1, 0.15) is 16.7 Å². The zero-order valence-electron chi connectivity index (χ0n) is 15.5. The third-order valence-corrected chi connectivity index (χ3v) is 5.45. The molecule has 0 unspecified atom stereocenters. The minimum Gasteiger partial charge on any atom is -0.483 e. The van der Waals surface area contributed by atoms with Crippen molar-refractivity contribution in [1.29, 1.82) is 0 Å². The highest BCUT2D eigenvalue weighted by Gasteiger charge is 2.18. The lowest BCUT2D eigenvalue weighted by atomic mass is 10.1. The van der Waals surface area contributed by atoms with Gasteiger partial charge in [-0.15, -0.1) is 11.3 Å². The quantitative estimate of drug-likeness (QED) is 0.688. The topological polar surface area (TPSA) is 80.3 Å². The van der Waals surface area contributed by atoms with E-state index in [-0.39, 0.29) is 18.4 Å². The molecule has 0 radical (unpaired) electrons. The molecule has 142 valence electrons. The number of hydrogen-bond donors (Lipinski definition) is 2. The number of thiazole rings is 1. The van der Waals surface area contributed by atoms with E-state index >= 15 is 0 Å². The summed E-state index contributed by atoms with van der Waals surface area (Å²) in [6.45, 7) is 3.89. The monoisotopic (exact) mass is 393 g/mol. The lowest BCUT2D eigenvalue weighted by molar-refractivity contribution is -0.118. The van der Waals surface area contributed by atoms with Crippen molar-refractivity contribution in [3.05, 3.63) is 58.5 Å². The first-order chi connectivity index (χ1) is 13.5. The van der Waals surface area contributed by atoms with E-state index in [1.165, 1.54) is 11.3 Å². The Balaban J connectivity index is 1.39. The van der Waals surface area contributed by atoms with Crippen molar-refractivity contribution in [2.45, 2.75) is 20.3 Å². The zero-order valence-corrected chi connectivity index (χ0v) is 16.4. The predicted molar refractivity (Wildman–Crippen MR) is 110 cm³/mol. The van der Waals surface area contributed by atoms with Crippen LogP contribution in [0.2, 0.25) is 0 Å². The molecule has 0 fully saturated rings. The summed E-state index contributed by atoms with van der Waals surface area (Å²) >= 11 is 1.35. The van der Waals surface area contributed by atoms with Gasteiger partial charge in [-0.05, 0) is 48.7 Å². The molecule has 2 aromatic carbocycles. The van der Waals surface area contributed by atoms with E-state index in [2.05, 4.69) is 15.6 Å². The van der Waals surface area contributed by atoms with Gasteiger partial charge in [-0.2, -0.15) is 0 Å². The SMILES string of the molecule is Cc1cccc(OCC(=O)Nc2nc(-c3ccc4c(c3)CC(=O)N4)cs2)c1C. The van der Waals surface area contributed by atoms with E-state index in [4.69, 9.17) is 4.74 Å². The Kier molecular flexibility index (Phi) is 4.83. The number of fused-ring (bicyclic) bond motifs is 1. The minimum absolute atomic E-state index is 0.00206. The Morgan fingerprint density at radius 2 is 2.14 bits per heavy atom. The average molecular weight is 393 g/mol. The van der Waals surface area contributed by atoms with Crippen molar-refractivity contribution in [2.75, 3.05) is 17.2 Å². The van der Waals surface area contributed by atoms with Crippen molar-refractivity contribution < 1.29 is 14.3 Å². The Morgan fingerprint density at radius 1 is 1.29 bits per heavy atom. The number of aryl methyl sites for hydroxylation is 1. The van der Waals surface area contributed by atoms with Crippen LogP contribution in [-0.4, -0.2) is 23.4 Å². The fraction of sp³-hybridized carbons (Fsp3) is 0.190. The standard InChI is InChI=1S/C21H19N3O3S/c1-12-4-3-5-18(13(12)2)27-10-20(26)24-21-23-17(11-28-21)14-6-7-16-15(8-14)9-19(25)22-16/h3-8,11H,9-10H2,1-2H3,(H,22,25)(H,23,24,26). The van der Waals surface area contributed by atoms with Gasteiger partial charge in [-0.25, -0.2) is 4.98 Å². The number of rotatable bonds is 5. The van der Waals surface area contributed by atoms with Gasteiger partial charge in [0.2, 0.25) is 5.91 Å². The predicted octanol–water partition coefficient (Wildman–Crippen LogP) is 3.94. The Bertz CT molecular complexity index is 1070. The molecule has 0 aliphatic carbocycles. The molecule has 2 N–H and O–H groups in total. The van der Waals surface area contributed by atoms with Crippen molar-refractivity contribution in [2.24, 2.45) is 0 Å². The lowest BCUT2D eigenvalue weighted by Gasteiger charge is -2.10. The van der Waals surface area contributed by atoms with Crippen LogP contribution in [0.15, 0.2) is 41.8 Å². The first-order valence-corrected chi connectivity index (χ1v) is 9.75. The number of nitrogens with one attached hydrogen (secondary N) is 2. The molecule has 28 heavy (non-hydrogen) atoms. The van der Waals surface area contributed by atoms with Crippen molar-refractivity contribution in [3.8, 4) is 17.0 Å². The molecule has 7 heteroatoms. The van der Waals surface area contributed by atoms with Gasteiger partial charge in [0.25, 0.3) is 5.91 Å². The summed E-state index contributed by atoms with van der Waals surface area (Å²) in [5.41, 5.74) is 5.63. The van der Waals surface area contributed by atoms with Gasteiger partial charge in [0, 0.05) is 16.6 Å². The van der Waals surface area contributed by atoms with Crippen LogP contribution in [0, 0.1) is 13.8 Å². The normalized spacial score (nSPS) is 12.4. The number of carbonyl (C=O) groups is 2. The lowest BCUT2D eigenvalue weighted by Crippen LogP contribution is -2.20. The molecule has 0 atom stereocenters. The number of aromatic nitrogens is 1. The van der Waals surface area contributed by atoms with Gasteiger partial charge in [0.05, 0.1) is 12.1 Å². The fourth-order valence-corrected chi connectivity index (χ4v) is 3.77. The van der Waals surface area contributed by atoms with Crippen LogP contribution in [0.25, 0.3) is 11.3 Å². The molecule has 2 heterocycles. The van der Waals surface area contributed by atoms with E-state index in [1.807, 2.05) is 55.6 Å². The van der Waals surface area contributed by atoms with E-state index in [9.17, 15) is 9.59 Å². The van der Waals surface area contributed by atoms with Crippen molar-refractivity contribution in [3.63, 3.8) is 0 Å². The maximum absolute atomic E-state index is 12.2. The first kappa shape index (κ1) is 18.2.